The smallest absolute Gasteiger partial charge is 0.166 e. The normalized spacial score (nSPS) is 11.6. The Morgan fingerprint density at radius 2 is 0.929 bits per heavy atom. The SMILES string of the molecule is c1ccc(-c2cccc(-c3ccccc3-c3nc(-c4ccc5c(c4)oc4ccccc45)nc(-c4cccc5c6ccccc6n(-c6ccccc6)c45)n3)c2)cc1. The van der Waals surface area contributed by atoms with E-state index in [9.17, 15) is 0 Å². The molecule has 5 heteroatoms. The van der Waals surface area contributed by atoms with Gasteiger partial charge in [0, 0.05) is 43.9 Å². The molecule has 0 unspecified atom stereocenters. The Bertz CT molecular complexity index is 3250. The summed E-state index contributed by atoms with van der Waals surface area (Å²) in [4.78, 5) is 15.9. The second-order valence-electron chi connectivity index (χ2n) is 14.0. The number of furan rings is 1. The summed E-state index contributed by atoms with van der Waals surface area (Å²) in [5, 5.41) is 4.44. The molecule has 0 saturated heterocycles. The predicted octanol–water partition coefficient (Wildman–Crippen LogP) is 13.2. The first-order valence-corrected chi connectivity index (χ1v) is 18.8. The number of fused-ring (bicyclic) bond motifs is 6. The molecule has 0 saturated carbocycles. The lowest BCUT2D eigenvalue weighted by molar-refractivity contribution is 0.669. The number of hydrogen-bond donors (Lipinski definition) is 0. The summed E-state index contributed by atoms with van der Waals surface area (Å²) < 4.78 is 8.68. The summed E-state index contributed by atoms with van der Waals surface area (Å²) >= 11 is 0. The average molecular weight is 717 g/mol. The third kappa shape index (κ3) is 5.29. The van der Waals surface area contributed by atoms with Crippen LogP contribution < -0.4 is 0 Å². The Labute approximate surface area is 322 Å². The van der Waals surface area contributed by atoms with E-state index < -0.39 is 0 Å². The minimum Gasteiger partial charge on any atom is -0.456 e. The quantitative estimate of drug-likeness (QED) is 0.172. The van der Waals surface area contributed by atoms with Crippen molar-refractivity contribution in [3.05, 3.63) is 194 Å². The maximum atomic E-state index is 6.35. The van der Waals surface area contributed by atoms with Gasteiger partial charge in [-0.05, 0) is 70.8 Å². The molecule has 3 aromatic heterocycles. The summed E-state index contributed by atoms with van der Waals surface area (Å²) in [6.07, 6.45) is 0. The van der Waals surface area contributed by atoms with Gasteiger partial charge in [0.2, 0.25) is 0 Å². The van der Waals surface area contributed by atoms with Gasteiger partial charge in [-0.15, -0.1) is 0 Å². The van der Waals surface area contributed by atoms with Gasteiger partial charge in [0.15, 0.2) is 17.5 Å². The maximum absolute atomic E-state index is 6.35. The van der Waals surface area contributed by atoms with Crippen LogP contribution in [-0.2, 0) is 0 Å². The molecule has 0 bridgehead atoms. The van der Waals surface area contributed by atoms with Crippen molar-refractivity contribution in [2.75, 3.05) is 0 Å². The Kier molecular flexibility index (Phi) is 7.42. The van der Waals surface area contributed by atoms with Crippen LogP contribution in [0.2, 0.25) is 0 Å². The third-order valence-electron chi connectivity index (χ3n) is 10.7. The van der Waals surface area contributed by atoms with E-state index in [1.54, 1.807) is 0 Å². The molecule has 3 heterocycles. The summed E-state index contributed by atoms with van der Waals surface area (Å²) in [5.74, 6) is 1.75. The van der Waals surface area contributed by atoms with Crippen molar-refractivity contribution in [1.29, 1.82) is 0 Å². The fraction of sp³-hybridized carbons (Fsp3) is 0. The number of hydrogen-bond acceptors (Lipinski definition) is 4. The van der Waals surface area contributed by atoms with Gasteiger partial charge in [-0.1, -0.05) is 146 Å². The monoisotopic (exact) mass is 716 g/mol. The number of benzene rings is 8. The topological polar surface area (TPSA) is 56.7 Å². The molecule has 5 nitrogen and oxygen atoms in total. The van der Waals surface area contributed by atoms with E-state index in [1.165, 1.54) is 10.9 Å². The highest BCUT2D eigenvalue weighted by Gasteiger charge is 2.21. The first-order valence-electron chi connectivity index (χ1n) is 18.8. The van der Waals surface area contributed by atoms with E-state index in [0.29, 0.717) is 17.5 Å². The van der Waals surface area contributed by atoms with Gasteiger partial charge >= 0.3 is 0 Å². The van der Waals surface area contributed by atoms with Crippen molar-refractivity contribution >= 4 is 43.7 Å². The zero-order chi connectivity index (χ0) is 37.0. The molecule has 0 N–H and O–H groups in total. The Balaban J connectivity index is 1.17. The molecule has 11 aromatic rings. The van der Waals surface area contributed by atoms with Gasteiger partial charge in [0.05, 0.1) is 11.0 Å². The van der Waals surface area contributed by atoms with Gasteiger partial charge < -0.3 is 8.98 Å². The van der Waals surface area contributed by atoms with E-state index in [4.69, 9.17) is 19.4 Å². The van der Waals surface area contributed by atoms with Gasteiger partial charge in [0.1, 0.15) is 11.2 Å². The highest BCUT2D eigenvalue weighted by Crippen LogP contribution is 2.40. The second-order valence-corrected chi connectivity index (χ2v) is 14.0. The van der Waals surface area contributed by atoms with Crippen LogP contribution in [0.5, 0.6) is 0 Å². The summed E-state index contributed by atoms with van der Waals surface area (Å²) in [7, 11) is 0. The lowest BCUT2D eigenvalue weighted by Gasteiger charge is -2.14. The van der Waals surface area contributed by atoms with Crippen molar-refractivity contribution < 1.29 is 4.42 Å². The van der Waals surface area contributed by atoms with Crippen molar-refractivity contribution in [1.82, 2.24) is 19.5 Å². The van der Waals surface area contributed by atoms with E-state index in [1.807, 2.05) is 24.3 Å². The fourth-order valence-electron chi connectivity index (χ4n) is 8.08. The highest BCUT2D eigenvalue weighted by molar-refractivity contribution is 6.13. The molecule has 0 aliphatic carbocycles. The predicted molar refractivity (Wildman–Crippen MR) is 229 cm³/mol. The van der Waals surface area contributed by atoms with Crippen molar-refractivity contribution in [3.8, 4) is 62.1 Å². The van der Waals surface area contributed by atoms with E-state index >= 15 is 0 Å². The van der Waals surface area contributed by atoms with Gasteiger partial charge in [-0.25, -0.2) is 15.0 Å². The summed E-state index contributed by atoms with van der Waals surface area (Å²) in [6, 6.07) is 67.4. The van der Waals surface area contributed by atoms with Crippen LogP contribution in [-0.4, -0.2) is 19.5 Å². The molecule has 11 rings (SSSR count). The second kappa shape index (κ2) is 13.0. The molecule has 0 spiro atoms. The number of aromatic nitrogens is 4. The standard InChI is InChI=1S/C51H32N4O/c1-3-15-33(16-4-1)34-17-13-18-35(31-34)38-21-7-8-24-43(38)50-52-49(36-29-30-41-40-23-10-12-28-46(40)56-47(41)32-36)53-51(54-50)44-26-14-25-42-39-22-9-11-27-45(39)55(48(42)44)37-19-5-2-6-20-37/h1-32H. The van der Waals surface area contributed by atoms with Gasteiger partial charge in [-0.2, -0.15) is 0 Å². The average Bonchev–Trinajstić information content (AvgIpc) is 3.82. The largest absolute Gasteiger partial charge is 0.456 e. The molecule has 0 amide bonds. The molecule has 56 heavy (non-hydrogen) atoms. The minimum atomic E-state index is 0.569. The third-order valence-corrected chi connectivity index (χ3v) is 10.7. The number of para-hydroxylation sites is 4. The van der Waals surface area contributed by atoms with Gasteiger partial charge in [0.25, 0.3) is 0 Å². The van der Waals surface area contributed by atoms with Crippen LogP contribution in [0, 0.1) is 0 Å². The van der Waals surface area contributed by atoms with Crippen LogP contribution in [0.3, 0.4) is 0 Å². The molecule has 0 aliphatic rings. The van der Waals surface area contributed by atoms with E-state index in [2.05, 4.69) is 174 Å². The molecule has 262 valence electrons. The molecule has 0 radical (unpaired) electrons. The van der Waals surface area contributed by atoms with Crippen molar-refractivity contribution in [2.24, 2.45) is 0 Å². The molecule has 0 atom stereocenters. The van der Waals surface area contributed by atoms with Crippen LogP contribution in [0.4, 0.5) is 0 Å². The Morgan fingerprint density at radius 3 is 1.79 bits per heavy atom. The van der Waals surface area contributed by atoms with Crippen molar-refractivity contribution in [2.45, 2.75) is 0 Å². The van der Waals surface area contributed by atoms with Gasteiger partial charge in [-0.3, -0.25) is 0 Å². The van der Waals surface area contributed by atoms with Crippen LogP contribution in [0.1, 0.15) is 0 Å². The number of nitrogens with zero attached hydrogens (tertiary/aromatic N) is 4. The zero-order valence-electron chi connectivity index (χ0n) is 30.2. The first-order chi connectivity index (χ1) is 27.8. The summed E-state index contributed by atoms with van der Waals surface area (Å²) in [6.45, 7) is 0. The Hall–Kier alpha value is -7.63. The maximum Gasteiger partial charge on any atom is 0.166 e. The van der Waals surface area contributed by atoms with E-state index in [-0.39, 0.29) is 0 Å². The van der Waals surface area contributed by atoms with Crippen LogP contribution >= 0.6 is 0 Å². The molecular weight excluding hydrogens is 685 g/mol. The van der Waals surface area contributed by atoms with Crippen LogP contribution in [0.15, 0.2) is 199 Å². The Morgan fingerprint density at radius 1 is 0.339 bits per heavy atom. The molecule has 8 aromatic carbocycles. The lowest BCUT2D eigenvalue weighted by atomic mass is 9.95. The molecule has 0 fully saturated rings. The zero-order valence-corrected chi connectivity index (χ0v) is 30.2. The highest BCUT2D eigenvalue weighted by atomic mass is 16.3. The molecular formula is C51H32N4O. The summed E-state index contributed by atoms with van der Waals surface area (Å²) in [5.41, 5.74) is 12.0. The van der Waals surface area contributed by atoms with E-state index in [0.717, 1.165) is 77.4 Å². The molecule has 0 aliphatic heterocycles. The first kappa shape index (κ1) is 31.9. The number of rotatable bonds is 6. The lowest BCUT2D eigenvalue weighted by Crippen LogP contribution is -2.02. The van der Waals surface area contributed by atoms with Crippen molar-refractivity contribution in [3.63, 3.8) is 0 Å². The minimum absolute atomic E-state index is 0.569. The van der Waals surface area contributed by atoms with Crippen LogP contribution in [0.25, 0.3) is 106 Å². The fourth-order valence-corrected chi connectivity index (χ4v) is 8.08.